The van der Waals surface area contributed by atoms with Crippen molar-refractivity contribution >= 4 is 17.3 Å². The maximum atomic E-state index is 14.6. The molecule has 10 nitrogen and oxygen atoms in total. The van der Waals surface area contributed by atoms with Crippen LogP contribution in [0.4, 0.5) is 15.8 Å². The lowest BCUT2D eigenvalue weighted by Gasteiger charge is -2.08. The van der Waals surface area contributed by atoms with Crippen molar-refractivity contribution in [2.75, 3.05) is 5.32 Å². The van der Waals surface area contributed by atoms with E-state index in [1.165, 1.54) is 41.6 Å². The first kappa shape index (κ1) is 22.6. The van der Waals surface area contributed by atoms with Crippen LogP contribution in [0.2, 0.25) is 0 Å². The van der Waals surface area contributed by atoms with E-state index in [2.05, 4.69) is 20.5 Å². The van der Waals surface area contributed by atoms with Crippen LogP contribution in [0.15, 0.2) is 91.6 Å². The van der Waals surface area contributed by atoms with Crippen molar-refractivity contribution in [2.24, 2.45) is 0 Å². The Morgan fingerprint density at radius 2 is 1.81 bits per heavy atom. The third-order valence-corrected chi connectivity index (χ3v) is 5.41. The lowest BCUT2D eigenvalue weighted by atomic mass is 10.1. The van der Waals surface area contributed by atoms with Gasteiger partial charge in [0.25, 0.3) is 5.69 Å². The number of nitro benzene ring substituents is 1. The summed E-state index contributed by atoms with van der Waals surface area (Å²) in [5, 5.41) is 22.3. The Labute approximate surface area is 203 Å². The fourth-order valence-corrected chi connectivity index (χ4v) is 3.72. The van der Waals surface area contributed by atoms with Crippen LogP contribution >= 0.6 is 0 Å². The van der Waals surface area contributed by atoms with Gasteiger partial charge in [-0.15, -0.1) is 0 Å². The molecule has 0 saturated carbocycles. The number of anilines is 1. The highest BCUT2D eigenvalue weighted by molar-refractivity contribution is 5.93. The number of non-ortho nitro benzene ring substituents is 1. The number of hydrogen-bond acceptors (Lipinski definition) is 6. The number of benzene rings is 3. The molecule has 0 saturated heterocycles. The molecular weight excluding hydrogens is 465 g/mol. The molecule has 0 aliphatic carbocycles. The minimum atomic E-state index is -0.568. The van der Waals surface area contributed by atoms with Crippen LogP contribution in [0.5, 0.6) is 0 Å². The van der Waals surface area contributed by atoms with Gasteiger partial charge in [0.05, 0.1) is 22.7 Å². The molecule has 1 amide bonds. The molecule has 0 unspecified atom stereocenters. The molecule has 2 aromatic heterocycles. The Morgan fingerprint density at radius 3 is 2.47 bits per heavy atom. The van der Waals surface area contributed by atoms with Gasteiger partial charge < -0.3 is 5.32 Å². The predicted octanol–water partition coefficient (Wildman–Crippen LogP) is 4.35. The molecule has 1 N–H and O–H groups in total. The minimum Gasteiger partial charge on any atom is -0.326 e. The number of para-hydroxylation sites is 1. The van der Waals surface area contributed by atoms with E-state index in [0.717, 1.165) is 5.69 Å². The van der Waals surface area contributed by atoms with Crippen molar-refractivity contribution in [1.82, 2.24) is 24.5 Å². The maximum Gasteiger partial charge on any atom is 0.269 e. The first-order valence-electron chi connectivity index (χ1n) is 10.8. The van der Waals surface area contributed by atoms with Gasteiger partial charge in [-0.1, -0.05) is 18.2 Å². The van der Waals surface area contributed by atoms with Gasteiger partial charge >= 0.3 is 0 Å². The number of carbonyl (C=O) groups excluding carboxylic acids is 1. The fraction of sp³-hybridized carbons (Fsp3) is 0.0400. The van der Waals surface area contributed by atoms with Crippen LogP contribution in [0.3, 0.4) is 0 Å². The lowest BCUT2D eigenvalue weighted by molar-refractivity contribution is -0.384. The Balaban J connectivity index is 1.41. The molecular formula is C25H18FN7O3. The van der Waals surface area contributed by atoms with Crippen molar-refractivity contribution in [3.63, 3.8) is 0 Å². The molecule has 11 heteroatoms. The molecule has 0 aliphatic rings. The van der Waals surface area contributed by atoms with Crippen LogP contribution in [0, 0.1) is 15.9 Å². The average molecular weight is 483 g/mol. The molecule has 3 aromatic carbocycles. The molecule has 36 heavy (non-hydrogen) atoms. The average Bonchev–Trinajstić information content (AvgIpc) is 3.55. The predicted molar refractivity (Wildman–Crippen MR) is 129 cm³/mol. The number of carbonyl (C=O) groups is 1. The van der Waals surface area contributed by atoms with Crippen molar-refractivity contribution in [1.29, 1.82) is 0 Å². The van der Waals surface area contributed by atoms with Crippen LogP contribution in [-0.4, -0.2) is 35.4 Å². The summed E-state index contributed by atoms with van der Waals surface area (Å²) in [5.74, 6) is -0.944. The Bertz CT molecular complexity index is 1530. The highest BCUT2D eigenvalue weighted by Gasteiger charge is 2.17. The summed E-state index contributed by atoms with van der Waals surface area (Å²) in [5.41, 5.74) is 2.97. The van der Waals surface area contributed by atoms with E-state index < -0.39 is 10.7 Å². The number of aromatic nitrogens is 5. The normalized spacial score (nSPS) is 10.8. The van der Waals surface area contributed by atoms with Gasteiger partial charge in [0.1, 0.15) is 18.3 Å². The Morgan fingerprint density at radius 1 is 1.03 bits per heavy atom. The summed E-state index contributed by atoms with van der Waals surface area (Å²) < 4.78 is 17.5. The summed E-state index contributed by atoms with van der Waals surface area (Å²) in [6.07, 6.45) is 4.36. The third kappa shape index (κ3) is 4.71. The van der Waals surface area contributed by atoms with E-state index >= 15 is 0 Å². The van der Waals surface area contributed by atoms with Crippen molar-refractivity contribution < 1.29 is 14.1 Å². The smallest absolute Gasteiger partial charge is 0.269 e. The zero-order valence-corrected chi connectivity index (χ0v) is 18.7. The van der Waals surface area contributed by atoms with Gasteiger partial charge in [0.15, 0.2) is 5.82 Å². The number of nitrogens with zero attached hydrogens (tertiary/aromatic N) is 6. The van der Waals surface area contributed by atoms with Gasteiger partial charge in [-0.3, -0.25) is 14.9 Å². The van der Waals surface area contributed by atoms with Gasteiger partial charge in [0.2, 0.25) is 5.91 Å². The molecule has 5 rings (SSSR count). The van der Waals surface area contributed by atoms with Crippen molar-refractivity contribution in [3.05, 3.63) is 113 Å². The largest absolute Gasteiger partial charge is 0.326 e. The standard InChI is InChI=1S/C25H18FN7O3/c26-22-13-19(8-11-23(22)32-16-27-15-28-32)29-24(34)12-18-14-31(20-4-2-1-3-5-20)30-25(18)17-6-9-21(10-7-17)33(35)36/h1-11,13-16H,12H2,(H,29,34). The van der Waals surface area contributed by atoms with Crippen LogP contribution in [0.25, 0.3) is 22.6 Å². The summed E-state index contributed by atoms with van der Waals surface area (Å²) in [6.45, 7) is 0. The van der Waals surface area contributed by atoms with E-state index in [0.29, 0.717) is 16.8 Å². The van der Waals surface area contributed by atoms with E-state index in [1.807, 2.05) is 30.3 Å². The molecule has 178 valence electrons. The number of nitro groups is 1. The van der Waals surface area contributed by atoms with Crippen LogP contribution < -0.4 is 5.32 Å². The number of halogens is 1. The molecule has 0 bridgehead atoms. The third-order valence-electron chi connectivity index (χ3n) is 5.41. The molecule has 0 atom stereocenters. The highest BCUT2D eigenvalue weighted by atomic mass is 19.1. The molecule has 0 aliphatic heterocycles. The number of hydrogen-bond donors (Lipinski definition) is 1. The number of amides is 1. The quantitative estimate of drug-likeness (QED) is 0.271. The topological polar surface area (TPSA) is 121 Å². The minimum absolute atomic E-state index is 0.0445. The maximum absolute atomic E-state index is 14.6. The molecule has 2 heterocycles. The van der Waals surface area contributed by atoms with Gasteiger partial charge in [-0.05, 0) is 42.5 Å². The van der Waals surface area contributed by atoms with Gasteiger partial charge in [-0.25, -0.2) is 18.7 Å². The highest BCUT2D eigenvalue weighted by Crippen LogP contribution is 2.27. The second kappa shape index (κ2) is 9.58. The van der Waals surface area contributed by atoms with Crippen LogP contribution in [0.1, 0.15) is 5.56 Å². The van der Waals surface area contributed by atoms with E-state index in [9.17, 15) is 19.3 Å². The van der Waals surface area contributed by atoms with Gasteiger partial charge in [0, 0.05) is 35.1 Å². The number of rotatable bonds is 7. The Hall–Kier alpha value is -5.19. The van der Waals surface area contributed by atoms with Crippen LogP contribution in [-0.2, 0) is 11.2 Å². The molecule has 5 aromatic rings. The monoisotopic (exact) mass is 483 g/mol. The second-order valence-corrected chi connectivity index (χ2v) is 7.82. The summed E-state index contributed by atoms with van der Waals surface area (Å²) in [7, 11) is 0. The summed E-state index contributed by atoms with van der Waals surface area (Å²) in [4.78, 5) is 27.2. The summed E-state index contributed by atoms with van der Waals surface area (Å²) >= 11 is 0. The number of nitrogens with one attached hydrogen (secondary N) is 1. The van der Waals surface area contributed by atoms with Crippen molar-refractivity contribution in [3.8, 4) is 22.6 Å². The summed E-state index contributed by atoms with van der Waals surface area (Å²) in [6, 6.07) is 19.6. The Kier molecular flexibility index (Phi) is 6.02. The first-order chi connectivity index (χ1) is 17.5. The zero-order valence-electron chi connectivity index (χ0n) is 18.7. The zero-order chi connectivity index (χ0) is 25.1. The second-order valence-electron chi connectivity index (χ2n) is 7.82. The van der Waals surface area contributed by atoms with E-state index in [1.54, 1.807) is 29.1 Å². The first-order valence-corrected chi connectivity index (χ1v) is 10.8. The van der Waals surface area contributed by atoms with E-state index in [4.69, 9.17) is 0 Å². The molecule has 0 radical (unpaired) electrons. The molecule has 0 spiro atoms. The van der Waals surface area contributed by atoms with Crippen molar-refractivity contribution in [2.45, 2.75) is 6.42 Å². The molecule has 0 fully saturated rings. The SMILES string of the molecule is O=C(Cc1cn(-c2ccccc2)nc1-c1ccc([N+](=O)[O-])cc1)Nc1ccc(-n2cncn2)c(F)c1. The lowest BCUT2D eigenvalue weighted by Crippen LogP contribution is -2.15. The van der Waals surface area contributed by atoms with E-state index in [-0.39, 0.29) is 29.4 Å². The van der Waals surface area contributed by atoms with Gasteiger partial charge in [-0.2, -0.15) is 10.2 Å². The fourth-order valence-electron chi connectivity index (χ4n) is 3.72.